The normalized spacial score (nSPS) is 10.4. The maximum absolute atomic E-state index is 12.4. The molecule has 3 aromatic rings. The van der Waals surface area contributed by atoms with Gasteiger partial charge in [0.1, 0.15) is 0 Å². The quantitative estimate of drug-likeness (QED) is 0.658. The first-order valence-corrected chi connectivity index (χ1v) is 9.42. The summed E-state index contributed by atoms with van der Waals surface area (Å²) in [4.78, 5) is 29.7. The average Bonchev–Trinajstić information content (AvgIpc) is 3.25. The van der Waals surface area contributed by atoms with Crippen molar-refractivity contribution in [3.63, 3.8) is 0 Å². The van der Waals surface area contributed by atoms with Crippen LogP contribution >= 0.6 is 22.7 Å². The monoisotopic (exact) mass is 372 g/mol. The fourth-order valence-corrected chi connectivity index (χ4v) is 3.79. The molecule has 0 saturated heterocycles. The number of carbonyl (C=O) groups is 2. The van der Waals surface area contributed by atoms with E-state index in [4.69, 9.17) is 4.74 Å². The van der Waals surface area contributed by atoms with Crippen LogP contribution in [0.3, 0.4) is 0 Å². The molecule has 3 rings (SSSR count). The lowest BCUT2D eigenvalue weighted by Crippen LogP contribution is -2.11. The van der Waals surface area contributed by atoms with Crippen LogP contribution in [0.2, 0.25) is 0 Å². The molecule has 0 atom stereocenters. The van der Waals surface area contributed by atoms with Gasteiger partial charge in [0.05, 0.1) is 23.6 Å². The van der Waals surface area contributed by atoms with Gasteiger partial charge in [-0.3, -0.25) is 14.9 Å². The Bertz CT molecular complexity index is 871. The predicted molar refractivity (Wildman–Crippen MR) is 100 cm³/mol. The van der Waals surface area contributed by atoms with Gasteiger partial charge in [0, 0.05) is 10.3 Å². The summed E-state index contributed by atoms with van der Waals surface area (Å²) in [6.45, 7) is 2.10. The molecule has 0 saturated carbocycles. The van der Waals surface area contributed by atoms with E-state index in [-0.39, 0.29) is 18.3 Å². The van der Waals surface area contributed by atoms with Crippen molar-refractivity contribution in [2.75, 3.05) is 11.9 Å². The minimum Gasteiger partial charge on any atom is -0.466 e. The smallest absolute Gasteiger partial charge is 0.311 e. The number of ether oxygens (including phenoxy) is 1. The molecule has 0 bridgehead atoms. The van der Waals surface area contributed by atoms with Crippen LogP contribution < -0.4 is 5.32 Å². The molecule has 1 amide bonds. The van der Waals surface area contributed by atoms with Crippen molar-refractivity contribution in [1.82, 2.24) is 4.98 Å². The van der Waals surface area contributed by atoms with Crippen LogP contribution in [0.15, 0.2) is 47.8 Å². The van der Waals surface area contributed by atoms with E-state index in [1.807, 2.05) is 36.4 Å². The first-order chi connectivity index (χ1) is 12.2. The van der Waals surface area contributed by atoms with Crippen LogP contribution in [0.1, 0.15) is 22.3 Å². The van der Waals surface area contributed by atoms with Crippen molar-refractivity contribution in [3.05, 3.63) is 58.4 Å². The summed E-state index contributed by atoms with van der Waals surface area (Å²) < 4.78 is 4.89. The van der Waals surface area contributed by atoms with Crippen molar-refractivity contribution < 1.29 is 14.3 Å². The second-order valence-corrected chi connectivity index (χ2v) is 7.05. The summed E-state index contributed by atoms with van der Waals surface area (Å²) in [6, 6.07) is 13.6. The number of nitrogens with zero attached hydrogens (tertiary/aromatic N) is 1. The van der Waals surface area contributed by atoms with Gasteiger partial charge < -0.3 is 4.74 Å². The van der Waals surface area contributed by atoms with Gasteiger partial charge in [0.2, 0.25) is 0 Å². The van der Waals surface area contributed by atoms with Crippen LogP contribution in [0, 0.1) is 0 Å². The third-order valence-corrected chi connectivity index (χ3v) is 5.23. The molecule has 0 aliphatic rings. The number of hydrogen-bond acceptors (Lipinski definition) is 6. The molecule has 2 aromatic heterocycles. The molecule has 0 unspecified atom stereocenters. The minimum atomic E-state index is -0.323. The maximum Gasteiger partial charge on any atom is 0.311 e. The van der Waals surface area contributed by atoms with Crippen LogP contribution in [-0.2, 0) is 16.0 Å². The van der Waals surface area contributed by atoms with Gasteiger partial charge in [-0.25, -0.2) is 4.98 Å². The van der Waals surface area contributed by atoms with Gasteiger partial charge in [-0.2, -0.15) is 0 Å². The van der Waals surface area contributed by atoms with Crippen LogP contribution in [-0.4, -0.2) is 23.5 Å². The summed E-state index contributed by atoms with van der Waals surface area (Å²) in [5.74, 6) is -0.527. The van der Waals surface area contributed by atoms with Gasteiger partial charge in [-0.15, -0.1) is 22.7 Å². The third-order valence-electron chi connectivity index (χ3n) is 3.29. The largest absolute Gasteiger partial charge is 0.466 e. The molecule has 0 spiro atoms. The van der Waals surface area contributed by atoms with E-state index in [9.17, 15) is 9.59 Å². The van der Waals surface area contributed by atoms with Gasteiger partial charge in [-0.05, 0) is 24.6 Å². The lowest BCUT2D eigenvalue weighted by atomic mass is 10.2. The number of thiophene rings is 1. The highest BCUT2D eigenvalue weighted by atomic mass is 32.1. The van der Waals surface area contributed by atoms with Gasteiger partial charge in [0.25, 0.3) is 5.91 Å². The lowest BCUT2D eigenvalue weighted by molar-refractivity contribution is -0.142. The fraction of sp³-hybridized carbons (Fsp3) is 0.167. The van der Waals surface area contributed by atoms with E-state index in [2.05, 4.69) is 10.3 Å². The number of hydrogen-bond donors (Lipinski definition) is 1. The highest BCUT2D eigenvalue weighted by molar-refractivity contribution is 7.17. The minimum absolute atomic E-state index is 0.108. The SMILES string of the molecule is CCOC(=O)Cc1csc(NC(=O)c2ccc(-c3ccccc3)s2)n1. The molecule has 0 aliphatic carbocycles. The standard InChI is InChI=1S/C18H16N2O3S2/c1-2-23-16(21)10-13-11-24-18(19-13)20-17(22)15-9-8-14(25-15)12-6-4-3-5-7-12/h3-9,11H,2,10H2,1H3,(H,19,20,22). The van der Waals surface area contributed by atoms with Crippen molar-refractivity contribution in [3.8, 4) is 10.4 Å². The van der Waals surface area contributed by atoms with Crippen LogP contribution in [0.4, 0.5) is 5.13 Å². The zero-order valence-electron chi connectivity index (χ0n) is 13.5. The summed E-state index contributed by atoms with van der Waals surface area (Å²) in [5.41, 5.74) is 1.67. The van der Waals surface area contributed by atoms with Crippen LogP contribution in [0.5, 0.6) is 0 Å². The van der Waals surface area contributed by atoms with Crippen molar-refractivity contribution >= 4 is 39.7 Å². The molecule has 1 N–H and O–H groups in total. The molecule has 128 valence electrons. The summed E-state index contributed by atoms with van der Waals surface area (Å²) >= 11 is 2.72. The summed E-state index contributed by atoms with van der Waals surface area (Å²) in [7, 11) is 0. The number of rotatable bonds is 6. The van der Waals surface area contributed by atoms with Gasteiger partial charge in [-0.1, -0.05) is 30.3 Å². The molecule has 0 fully saturated rings. The number of anilines is 1. The molecular weight excluding hydrogens is 356 g/mol. The Morgan fingerprint density at radius 2 is 1.96 bits per heavy atom. The number of esters is 1. The maximum atomic E-state index is 12.4. The number of nitrogens with one attached hydrogen (secondary N) is 1. The van der Waals surface area contributed by atoms with Crippen molar-refractivity contribution in [2.45, 2.75) is 13.3 Å². The Balaban J connectivity index is 1.64. The zero-order chi connectivity index (χ0) is 17.6. The third kappa shape index (κ3) is 4.52. The Kier molecular flexibility index (Phi) is 5.57. The number of carbonyl (C=O) groups excluding carboxylic acids is 2. The van der Waals surface area contributed by atoms with Crippen LogP contribution in [0.25, 0.3) is 10.4 Å². The molecule has 25 heavy (non-hydrogen) atoms. The average molecular weight is 372 g/mol. The molecule has 2 heterocycles. The number of aromatic nitrogens is 1. The van der Waals surface area contributed by atoms with E-state index < -0.39 is 0 Å². The summed E-state index contributed by atoms with van der Waals surface area (Å²) in [5, 5.41) is 4.99. The van der Waals surface area contributed by atoms with E-state index in [0.29, 0.717) is 22.3 Å². The van der Waals surface area contributed by atoms with E-state index in [1.165, 1.54) is 22.7 Å². The molecule has 0 aliphatic heterocycles. The highest BCUT2D eigenvalue weighted by Crippen LogP contribution is 2.28. The van der Waals surface area contributed by atoms with E-state index in [0.717, 1.165) is 10.4 Å². The second kappa shape index (κ2) is 8.04. The predicted octanol–water partition coefficient (Wildman–Crippen LogP) is 4.23. The van der Waals surface area contributed by atoms with Crippen molar-refractivity contribution in [2.24, 2.45) is 0 Å². The molecular formula is C18H16N2O3S2. The Hall–Kier alpha value is -2.51. The van der Waals surface area contributed by atoms with Gasteiger partial charge >= 0.3 is 5.97 Å². The number of amides is 1. The zero-order valence-corrected chi connectivity index (χ0v) is 15.2. The lowest BCUT2D eigenvalue weighted by Gasteiger charge is -1.99. The fourth-order valence-electron chi connectivity index (χ4n) is 2.18. The first-order valence-electron chi connectivity index (χ1n) is 7.72. The topological polar surface area (TPSA) is 68.3 Å². The summed E-state index contributed by atoms with van der Waals surface area (Å²) in [6.07, 6.45) is 0.108. The Morgan fingerprint density at radius 1 is 1.16 bits per heavy atom. The van der Waals surface area contributed by atoms with Crippen molar-refractivity contribution in [1.29, 1.82) is 0 Å². The molecule has 0 radical (unpaired) electrons. The first kappa shape index (κ1) is 17.3. The van der Waals surface area contributed by atoms with E-state index in [1.54, 1.807) is 18.4 Å². The van der Waals surface area contributed by atoms with E-state index >= 15 is 0 Å². The second-order valence-electron chi connectivity index (χ2n) is 5.11. The molecule has 5 nitrogen and oxygen atoms in total. The number of thiazole rings is 1. The Labute approximate surface area is 153 Å². The number of benzene rings is 1. The molecule has 7 heteroatoms. The highest BCUT2D eigenvalue weighted by Gasteiger charge is 2.14. The molecule has 1 aromatic carbocycles. The Morgan fingerprint density at radius 3 is 2.72 bits per heavy atom. The van der Waals surface area contributed by atoms with Gasteiger partial charge in [0.15, 0.2) is 5.13 Å².